The summed E-state index contributed by atoms with van der Waals surface area (Å²) in [5.74, 6) is 0.951. The highest BCUT2D eigenvalue weighted by Gasteiger charge is 2.32. The number of hydrogen-bond donors (Lipinski definition) is 1. The highest BCUT2D eigenvalue weighted by atomic mass is 15.1. The van der Waals surface area contributed by atoms with E-state index in [-0.39, 0.29) is 5.54 Å². The predicted octanol–water partition coefficient (Wildman–Crippen LogP) is 1.69. The Balaban J connectivity index is 2.40. The van der Waals surface area contributed by atoms with Gasteiger partial charge in [-0.3, -0.25) is 0 Å². The van der Waals surface area contributed by atoms with Gasteiger partial charge in [0.2, 0.25) is 0 Å². The zero-order valence-corrected chi connectivity index (χ0v) is 9.09. The van der Waals surface area contributed by atoms with Crippen molar-refractivity contribution in [2.24, 2.45) is 0 Å². The highest BCUT2D eigenvalue weighted by molar-refractivity contribution is 5.15. The Morgan fingerprint density at radius 3 is 2.43 bits per heavy atom. The third kappa shape index (κ3) is 1.64. The average molecular weight is 191 g/mol. The maximum absolute atomic E-state index is 4.51. The maximum Gasteiger partial charge on any atom is 0.148 e. The molecule has 0 amide bonds. The van der Waals surface area contributed by atoms with Crippen LogP contribution in [0.5, 0.6) is 0 Å². The zero-order chi connectivity index (χ0) is 10.2. The summed E-state index contributed by atoms with van der Waals surface area (Å²) in [5.41, 5.74) is 2.11. The lowest BCUT2D eigenvalue weighted by Gasteiger charge is -2.22. The van der Waals surface area contributed by atoms with Crippen molar-refractivity contribution < 1.29 is 0 Å². The average Bonchev–Trinajstić information content (AvgIpc) is 2.52. The van der Waals surface area contributed by atoms with E-state index in [1.807, 2.05) is 19.9 Å². The second kappa shape index (κ2) is 3.31. The Kier molecular flexibility index (Phi) is 2.27. The number of aryl methyl sites for hydroxylation is 2. The van der Waals surface area contributed by atoms with Crippen molar-refractivity contribution in [2.45, 2.75) is 39.2 Å². The van der Waals surface area contributed by atoms with Gasteiger partial charge in [0.05, 0.1) is 5.54 Å². The third-order valence-electron chi connectivity index (χ3n) is 2.84. The van der Waals surface area contributed by atoms with Crippen LogP contribution in [0, 0.1) is 13.8 Å². The molecule has 1 aliphatic rings. The van der Waals surface area contributed by atoms with E-state index in [1.165, 1.54) is 6.42 Å². The van der Waals surface area contributed by atoms with Crippen LogP contribution in [0.3, 0.4) is 0 Å². The van der Waals surface area contributed by atoms with Gasteiger partial charge < -0.3 is 5.32 Å². The first kappa shape index (κ1) is 9.59. The summed E-state index contributed by atoms with van der Waals surface area (Å²) in [5, 5.41) is 3.48. The van der Waals surface area contributed by atoms with Gasteiger partial charge in [-0.15, -0.1) is 0 Å². The van der Waals surface area contributed by atoms with E-state index in [0.29, 0.717) is 0 Å². The standard InChI is InChI=1S/C11H17N3/c1-8-7-9(2)14-10(13-8)11(3)5-4-6-12-11/h7,12H,4-6H2,1-3H3. The van der Waals surface area contributed by atoms with Crippen LogP contribution in [0.1, 0.15) is 37.0 Å². The second-order valence-corrected chi connectivity index (χ2v) is 4.34. The van der Waals surface area contributed by atoms with Crippen LogP contribution in [-0.4, -0.2) is 16.5 Å². The first-order valence-corrected chi connectivity index (χ1v) is 5.18. The van der Waals surface area contributed by atoms with Gasteiger partial charge in [0.25, 0.3) is 0 Å². The van der Waals surface area contributed by atoms with E-state index in [9.17, 15) is 0 Å². The van der Waals surface area contributed by atoms with Gasteiger partial charge in [0, 0.05) is 11.4 Å². The topological polar surface area (TPSA) is 37.8 Å². The Bertz CT molecular complexity index is 320. The van der Waals surface area contributed by atoms with Crippen molar-refractivity contribution in [1.29, 1.82) is 0 Å². The van der Waals surface area contributed by atoms with Gasteiger partial charge in [0.15, 0.2) is 0 Å². The van der Waals surface area contributed by atoms with Gasteiger partial charge >= 0.3 is 0 Å². The molecule has 0 aliphatic carbocycles. The molecule has 1 aromatic heterocycles. The molecule has 14 heavy (non-hydrogen) atoms. The fourth-order valence-electron chi connectivity index (χ4n) is 2.06. The molecule has 76 valence electrons. The lowest BCUT2D eigenvalue weighted by molar-refractivity contribution is 0.405. The second-order valence-electron chi connectivity index (χ2n) is 4.34. The fourth-order valence-corrected chi connectivity index (χ4v) is 2.06. The third-order valence-corrected chi connectivity index (χ3v) is 2.84. The van der Waals surface area contributed by atoms with E-state index in [0.717, 1.165) is 30.2 Å². The van der Waals surface area contributed by atoms with Crippen molar-refractivity contribution in [3.8, 4) is 0 Å². The normalized spacial score (nSPS) is 26.8. The minimum Gasteiger partial charge on any atom is -0.305 e. The monoisotopic (exact) mass is 191 g/mol. The molecule has 1 aliphatic heterocycles. The van der Waals surface area contributed by atoms with Gasteiger partial charge in [0.1, 0.15) is 5.82 Å². The lowest BCUT2D eigenvalue weighted by Crippen LogP contribution is -2.35. The van der Waals surface area contributed by atoms with Crippen molar-refractivity contribution in [3.05, 3.63) is 23.3 Å². The van der Waals surface area contributed by atoms with Gasteiger partial charge in [-0.1, -0.05) is 0 Å². The predicted molar refractivity (Wildman–Crippen MR) is 56.1 cm³/mol. The summed E-state index contributed by atoms with van der Waals surface area (Å²) in [7, 11) is 0. The molecule has 0 radical (unpaired) electrons. The van der Waals surface area contributed by atoms with Gasteiger partial charge in [-0.25, -0.2) is 9.97 Å². The molecule has 0 spiro atoms. The van der Waals surface area contributed by atoms with Gasteiger partial charge in [-0.2, -0.15) is 0 Å². The summed E-state index contributed by atoms with van der Waals surface area (Å²) < 4.78 is 0. The zero-order valence-electron chi connectivity index (χ0n) is 9.09. The number of nitrogens with zero attached hydrogens (tertiary/aromatic N) is 2. The molecule has 0 aromatic carbocycles. The number of rotatable bonds is 1. The van der Waals surface area contributed by atoms with Crippen molar-refractivity contribution >= 4 is 0 Å². The van der Waals surface area contributed by atoms with Crippen LogP contribution in [0.25, 0.3) is 0 Å². The first-order valence-electron chi connectivity index (χ1n) is 5.18. The summed E-state index contributed by atoms with van der Waals surface area (Å²) in [6.45, 7) is 7.31. The van der Waals surface area contributed by atoms with Crippen molar-refractivity contribution in [2.75, 3.05) is 6.54 Å². The first-order chi connectivity index (χ1) is 6.60. The molecule has 1 aromatic rings. The SMILES string of the molecule is Cc1cc(C)nc(C2(C)CCCN2)n1. The molecular formula is C11H17N3. The fraction of sp³-hybridized carbons (Fsp3) is 0.636. The largest absolute Gasteiger partial charge is 0.305 e. The quantitative estimate of drug-likeness (QED) is 0.734. The molecule has 1 saturated heterocycles. The van der Waals surface area contributed by atoms with E-state index >= 15 is 0 Å². The van der Waals surface area contributed by atoms with Crippen LogP contribution < -0.4 is 5.32 Å². The van der Waals surface area contributed by atoms with Crippen LogP contribution in [0.2, 0.25) is 0 Å². The maximum atomic E-state index is 4.51. The summed E-state index contributed by atoms with van der Waals surface area (Å²) >= 11 is 0. The minimum absolute atomic E-state index is 0.00319. The molecule has 3 nitrogen and oxygen atoms in total. The van der Waals surface area contributed by atoms with E-state index in [4.69, 9.17) is 0 Å². The molecule has 2 heterocycles. The molecule has 1 N–H and O–H groups in total. The van der Waals surface area contributed by atoms with Crippen molar-refractivity contribution in [3.63, 3.8) is 0 Å². The van der Waals surface area contributed by atoms with E-state index < -0.39 is 0 Å². The lowest BCUT2D eigenvalue weighted by atomic mass is 9.99. The molecule has 1 fully saturated rings. The minimum atomic E-state index is -0.00319. The Labute approximate surface area is 85.0 Å². The number of nitrogens with one attached hydrogen (secondary N) is 1. The van der Waals surface area contributed by atoms with E-state index in [2.05, 4.69) is 22.2 Å². The number of hydrogen-bond acceptors (Lipinski definition) is 3. The Hall–Kier alpha value is -0.960. The number of aromatic nitrogens is 2. The highest BCUT2D eigenvalue weighted by Crippen LogP contribution is 2.27. The molecule has 1 atom stereocenters. The molecular weight excluding hydrogens is 174 g/mol. The molecule has 1 unspecified atom stereocenters. The Morgan fingerprint density at radius 1 is 1.29 bits per heavy atom. The summed E-state index contributed by atoms with van der Waals surface area (Å²) in [4.78, 5) is 9.03. The van der Waals surface area contributed by atoms with Crippen LogP contribution in [-0.2, 0) is 5.54 Å². The Morgan fingerprint density at radius 2 is 1.93 bits per heavy atom. The summed E-state index contributed by atoms with van der Waals surface area (Å²) in [6.07, 6.45) is 2.35. The van der Waals surface area contributed by atoms with Gasteiger partial charge in [-0.05, 0) is 46.2 Å². The van der Waals surface area contributed by atoms with E-state index in [1.54, 1.807) is 0 Å². The molecule has 0 saturated carbocycles. The molecule has 2 rings (SSSR count). The molecule has 0 bridgehead atoms. The van der Waals surface area contributed by atoms with Crippen LogP contribution in [0.4, 0.5) is 0 Å². The summed E-state index contributed by atoms with van der Waals surface area (Å²) in [6, 6.07) is 2.02. The smallest absolute Gasteiger partial charge is 0.148 e. The van der Waals surface area contributed by atoms with Crippen molar-refractivity contribution in [1.82, 2.24) is 15.3 Å². The molecule has 3 heteroatoms. The van der Waals surface area contributed by atoms with Crippen LogP contribution in [0.15, 0.2) is 6.07 Å². The van der Waals surface area contributed by atoms with Crippen LogP contribution >= 0.6 is 0 Å².